The number of hydrogen-bond donors (Lipinski definition) is 0. The van der Waals surface area contributed by atoms with Gasteiger partial charge >= 0.3 is 0 Å². The zero-order chi connectivity index (χ0) is 15.7. The van der Waals surface area contributed by atoms with E-state index in [4.69, 9.17) is 0 Å². The maximum Gasteiger partial charge on any atom is 0.127 e. The molecule has 0 saturated heterocycles. The number of halogens is 1. The molecule has 21 heavy (non-hydrogen) atoms. The van der Waals surface area contributed by atoms with Gasteiger partial charge in [-0.3, -0.25) is 0 Å². The molecule has 2 rings (SSSR count). The third-order valence-electron chi connectivity index (χ3n) is 3.92. The van der Waals surface area contributed by atoms with Gasteiger partial charge in [0, 0.05) is 0 Å². The molecule has 0 N–H and O–H groups in total. The molecule has 0 saturated carbocycles. The summed E-state index contributed by atoms with van der Waals surface area (Å²) < 4.78 is 14.6. The van der Waals surface area contributed by atoms with E-state index >= 15 is 0 Å². The van der Waals surface area contributed by atoms with Crippen LogP contribution in [0.1, 0.15) is 61.8 Å². The van der Waals surface area contributed by atoms with E-state index in [1.807, 2.05) is 0 Å². The van der Waals surface area contributed by atoms with Crippen molar-refractivity contribution < 1.29 is 4.39 Å². The van der Waals surface area contributed by atoms with Crippen LogP contribution in [0.5, 0.6) is 0 Å². The highest BCUT2D eigenvalue weighted by atomic mass is 19.1. The molecule has 1 heteroatoms. The molecule has 0 radical (unpaired) electrons. The summed E-state index contributed by atoms with van der Waals surface area (Å²) >= 11 is 0. The molecule has 0 aliphatic rings. The number of benzene rings is 2. The molecule has 2 aromatic rings. The third kappa shape index (κ3) is 3.34. The van der Waals surface area contributed by atoms with Crippen molar-refractivity contribution >= 4 is 0 Å². The minimum Gasteiger partial charge on any atom is -0.207 e. The fourth-order valence-corrected chi connectivity index (χ4v) is 3.03. The largest absolute Gasteiger partial charge is 0.207 e. The lowest BCUT2D eigenvalue weighted by molar-refractivity contribution is 0.590. The Morgan fingerprint density at radius 3 is 1.71 bits per heavy atom. The molecule has 0 nitrogen and oxygen atoms in total. The fraction of sp³-hybridized carbons (Fsp3) is 0.400. The summed E-state index contributed by atoms with van der Waals surface area (Å²) in [5.74, 6) is 0.448. The van der Waals surface area contributed by atoms with Gasteiger partial charge in [0.1, 0.15) is 5.82 Å². The summed E-state index contributed by atoms with van der Waals surface area (Å²) in [7, 11) is 0. The Kier molecular flexibility index (Phi) is 4.51. The van der Waals surface area contributed by atoms with Crippen LogP contribution in [0.15, 0.2) is 30.3 Å². The van der Waals surface area contributed by atoms with Crippen LogP contribution >= 0.6 is 0 Å². The summed E-state index contributed by atoms with van der Waals surface area (Å²) in [6, 6.07) is 10.3. The number of hydrogen-bond acceptors (Lipinski definition) is 0. The van der Waals surface area contributed by atoms with Crippen LogP contribution in [0.2, 0.25) is 0 Å². The molecule has 0 bridgehead atoms. The number of rotatable bonds is 3. The quantitative estimate of drug-likeness (QED) is 0.615. The fourth-order valence-electron chi connectivity index (χ4n) is 3.03. The molecule has 0 spiro atoms. The van der Waals surface area contributed by atoms with Crippen LogP contribution in [0.25, 0.3) is 11.1 Å². The van der Waals surface area contributed by atoms with Gasteiger partial charge in [0.05, 0.1) is 0 Å². The maximum atomic E-state index is 14.6. The van der Waals surface area contributed by atoms with Crippen LogP contribution in [-0.2, 0) is 0 Å². The zero-order valence-electron chi connectivity index (χ0n) is 13.9. The predicted molar refractivity (Wildman–Crippen MR) is 89.5 cm³/mol. The smallest absolute Gasteiger partial charge is 0.127 e. The van der Waals surface area contributed by atoms with Crippen LogP contribution in [0.3, 0.4) is 0 Å². The lowest BCUT2D eigenvalue weighted by atomic mass is 9.87. The van der Waals surface area contributed by atoms with Gasteiger partial charge in [-0.15, -0.1) is 0 Å². The monoisotopic (exact) mass is 284 g/mol. The highest BCUT2D eigenvalue weighted by Gasteiger charge is 2.17. The first-order valence-electron chi connectivity index (χ1n) is 7.71. The van der Waals surface area contributed by atoms with Gasteiger partial charge in [-0.2, -0.15) is 0 Å². The van der Waals surface area contributed by atoms with Gasteiger partial charge in [0.2, 0.25) is 0 Å². The van der Waals surface area contributed by atoms with E-state index in [1.54, 1.807) is 6.07 Å². The normalized spacial score (nSPS) is 11.5. The minimum atomic E-state index is -0.0784. The van der Waals surface area contributed by atoms with Crippen LogP contribution in [-0.4, -0.2) is 0 Å². The van der Waals surface area contributed by atoms with Gasteiger partial charge in [-0.05, 0) is 54.0 Å². The summed E-state index contributed by atoms with van der Waals surface area (Å²) in [6.45, 7) is 12.5. The molecule has 0 atom stereocenters. The van der Waals surface area contributed by atoms with Crippen LogP contribution < -0.4 is 0 Å². The molecule has 0 aliphatic heterocycles. The van der Waals surface area contributed by atoms with E-state index in [0.717, 1.165) is 22.3 Å². The Morgan fingerprint density at radius 1 is 0.714 bits per heavy atom. The average molecular weight is 284 g/mol. The van der Waals surface area contributed by atoms with Crippen LogP contribution in [0, 0.1) is 19.7 Å². The summed E-state index contributed by atoms with van der Waals surface area (Å²) in [5.41, 5.74) is 6.49. The van der Waals surface area contributed by atoms with Gasteiger partial charge in [0.25, 0.3) is 0 Å². The molecule has 0 unspecified atom stereocenters. The topological polar surface area (TPSA) is 0 Å². The number of aryl methyl sites for hydroxylation is 2. The molecule has 112 valence electrons. The van der Waals surface area contributed by atoms with Crippen molar-refractivity contribution in [2.24, 2.45) is 0 Å². The molecule has 0 heterocycles. The van der Waals surface area contributed by atoms with Crippen molar-refractivity contribution in [3.63, 3.8) is 0 Å². The van der Waals surface area contributed by atoms with Crippen molar-refractivity contribution in [2.75, 3.05) is 0 Å². The van der Waals surface area contributed by atoms with Gasteiger partial charge < -0.3 is 0 Å². The second-order valence-corrected chi connectivity index (χ2v) is 6.65. The molecule has 0 aromatic heterocycles. The highest BCUT2D eigenvalue weighted by Crippen LogP contribution is 2.33. The second-order valence-electron chi connectivity index (χ2n) is 6.65. The average Bonchev–Trinajstić information content (AvgIpc) is 2.35. The van der Waals surface area contributed by atoms with Crippen LogP contribution in [0.4, 0.5) is 4.39 Å². The summed E-state index contributed by atoms with van der Waals surface area (Å²) in [5, 5.41) is 0. The molecule has 2 aromatic carbocycles. The maximum absolute atomic E-state index is 14.6. The van der Waals surface area contributed by atoms with Gasteiger partial charge in [0.15, 0.2) is 0 Å². The highest BCUT2D eigenvalue weighted by molar-refractivity contribution is 5.67. The molecular formula is C20H25F. The first-order chi connectivity index (χ1) is 9.79. The Hall–Kier alpha value is -1.63. The predicted octanol–water partition coefficient (Wildman–Crippen LogP) is 6.36. The molecular weight excluding hydrogens is 259 g/mol. The lowest BCUT2D eigenvalue weighted by Crippen LogP contribution is -2.03. The Bertz CT molecular complexity index is 631. The van der Waals surface area contributed by atoms with Crippen molar-refractivity contribution in [3.8, 4) is 11.1 Å². The molecule has 0 fully saturated rings. The van der Waals surface area contributed by atoms with E-state index in [-0.39, 0.29) is 11.7 Å². The van der Waals surface area contributed by atoms with Gasteiger partial charge in [-0.1, -0.05) is 63.1 Å². The molecule has 0 amide bonds. The van der Waals surface area contributed by atoms with E-state index in [0.29, 0.717) is 5.92 Å². The second kappa shape index (κ2) is 6.01. The zero-order valence-corrected chi connectivity index (χ0v) is 13.9. The summed E-state index contributed by atoms with van der Waals surface area (Å²) in [6.07, 6.45) is 0. The van der Waals surface area contributed by atoms with E-state index < -0.39 is 0 Å². The Labute approximate surface area is 128 Å². The van der Waals surface area contributed by atoms with Gasteiger partial charge in [-0.25, -0.2) is 4.39 Å². The first kappa shape index (κ1) is 15.8. The van der Waals surface area contributed by atoms with Crippen molar-refractivity contribution in [3.05, 3.63) is 58.4 Å². The van der Waals surface area contributed by atoms with Crippen molar-refractivity contribution in [1.82, 2.24) is 0 Å². The standard InChI is InChI=1S/C20H25F/c1-12(2)18-10-17(11-19(21)20(18)13(3)4)16-8-14(5)7-15(6)9-16/h7-13H,1-6H3. The van der Waals surface area contributed by atoms with E-state index in [1.165, 1.54) is 11.1 Å². The van der Waals surface area contributed by atoms with Crippen molar-refractivity contribution in [1.29, 1.82) is 0 Å². The Morgan fingerprint density at radius 2 is 1.24 bits per heavy atom. The Balaban J connectivity index is 2.66. The van der Waals surface area contributed by atoms with Crippen molar-refractivity contribution in [2.45, 2.75) is 53.4 Å². The van der Waals surface area contributed by atoms with E-state index in [9.17, 15) is 4.39 Å². The third-order valence-corrected chi connectivity index (χ3v) is 3.92. The molecule has 0 aliphatic carbocycles. The summed E-state index contributed by atoms with van der Waals surface area (Å²) in [4.78, 5) is 0. The first-order valence-corrected chi connectivity index (χ1v) is 7.71. The lowest BCUT2D eigenvalue weighted by Gasteiger charge is -2.19. The van der Waals surface area contributed by atoms with E-state index in [2.05, 4.69) is 65.8 Å². The minimum absolute atomic E-state index is 0.0784. The SMILES string of the molecule is Cc1cc(C)cc(-c2cc(F)c(C(C)C)c(C(C)C)c2)c1.